The van der Waals surface area contributed by atoms with Gasteiger partial charge in [0.2, 0.25) is 5.88 Å². The summed E-state index contributed by atoms with van der Waals surface area (Å²) in [4.78, 5) is 0. The van der Waals surface area contributed by atoms with Crippen molar-refractivity contribution in [3.63, 3.8) is 0 Å². The van der Waals surface area contributed by atoms with Crippen LogP contribution in [0.5, 0.6) is 5.88 Å². The SMILES string of the molecule is COc1cc(NCCC2(N)CCCC2)nn1C. The van der Waals surface area contributed by atoms with Gasteiger partial charge in [0.25, 0.3) is 0 Å². The Morgan fingerprint density at radius 1 is 1.53 bits per heavy atom. The fraction of sp³-hybridized carbons (Fsp3) is 0.750. The molecule has 17 heavy (non-hydrogen) atoms. The maximum Gasteiger partial charge on any atom is 0.213 e. The molecule has 0 saturated heterocycles. The third-order valence-electron chi connectivity index (χ3n) is 3.57. The zero-order chi connectivity index (χ0) is 12.3. The van der Waals surface area contributed by atoms with Crippen LogP contribution in [0.4, 0.5) is 5.82 Å². The largest absolute Gasteiger partial charge is 0.481 e. The maximum atomic E-state index is 6.29. The fourth-order valence-electron chi connectivity index (χ4n) is 2.50. The number of hydrogen-bond donors (Lipinski definition) is 2. The molecular formula is C12H22N4O. The summed E-state index contributed by atoms with van der Waals surface area (Å²) in [5.74, 6) is 1.61. The Labute approximate surface area is 102 Å². The highest BCUT2D eigenvalue weighted by molar-refractivity contribution is 5.38. The number of aromatic nitrogens is 2. The Kier molecular flexibility index (Phi) is 3.57. The third-order valence-corrected chi connectivity index (χ3v) is 3.57. The van der Waals surface area contributed by atoms with E-state index in [0.717, 1.165) is 37.5 Å². The van der Waals surface area contributed by atoms with E-state index in [1.165, 1.54) is 12.8 Å². The van der Waals surface area contributed by atoms with E-state index in [2.05, 4.69) is 10.4 Å². The Hall–Kier alpha value is -1.23. The van der Waals surface area contributed by atoms with E-state index in [9.17, 15) is 0 Å². The molecule has 0 aliphatic heterocycles. The van der Waals surface area contributed by atoms with Crippen molar-refractivity contribution >= 4 is 5.82 Å². The molecule has 1 aliphatic carbocycles. The zero-order valence-electron chi connectivity index (χ0n) is 10.7. The highest BCUT2D eigenvalue weighted by Crippen LogP contribution is 2.29. The Morgan fingerprint density at radius 3 is 2.82 bits per heavy atom. The van der Waals surface area contributed by atoms with Gasteiger partial charge < -0.3 is 15.8 Å². The second kappa shape index (κ2) is 4.96. The van der Waals surface area contributed by atoms with Gasteiger partial charge in [-0.15, -0.1) is 0 Å². The molecule has 0 aromatic carbocycles. The molecule has 1 aliphatic rings. The van der Waals surface area contributed by atoms with Crippen molar-refractivity contribution in [3.8, 4) is 5.88 Å². The Balaban J connectivity index is 1.81. The molecule has 2 rings (SSSR count). The lowest BCUT2D eigenvalue weighted by Crippen LogP contribution is -2.38. The minimum absolute atomic E-state index is 0.0475. The van der Waals surface area contributed by atoms with E-state index < -0.39 is 0 Å². The van der Waals surface area contributed by atoms with Crippen molar-refractivity contribution in [3.05, 3.63) is 6.07 Å². The van der Waals surface area contributed by atoms with Crippen LogP contribution in [0.15, 0.2) is 6.07 Å². The molecule has 3 N–H and O–H groups in total. The number of rotatable bonds is 5. The zero-order valence-corrected chi connectivity index (χ0v) is 10.7. The highest BCUT2D eigenvalue weighted by atomic mass is 16.5. The summed E-state index contributed by atoms with van der Waals surface area (Å²) in [6.07, 6.45) is 5.86. The molecule has 1 fully saturated rings. The standard InChI is InChI=1S/C12H22N4O/c1-16-11(17-2)9-10(15-16)14-8-7-12(13)5-3-4-6-12/h9H,3-8,13H2,1-2H3,(H,14,15). The molecule has 0 radical (unpaired) electrons. The molecule has 96 valence electrons. The van der Waals surface area contributed by atoms with E-state index in [1.54, 1.807) is 11.8 Å². The van der Waals surface area contributed by atoms with Crippen LogP contribution in [0.25, 0.3) is 0 Å². The molecular weight excluding hydrogens is 216 g/mol. The van der Waals surface area contributed by atoms with Gasteiger partial charge >= 0.3 is 0 Å². The van der Waals surface area contributed by atoms with Crippen LogP contribution in [0.2, 0.25) is 0 Å². The van der Waals surface area contributed by atoms with Crippen LogP contribution in [0, 0.1) is 0 Å². The molecule has 0 bridgehead atoms. The van der Waals surface area contributed by atoms with Crippen LogP contribution >= 0.6 is 0 Å². The molecule has 5 heteroatoms. The monoisotopic (exact) mass is 238 g/mol. The lowest BCUT2D eigenvalue weighted by atomic mass is 9.95. The fourth-order valence-corrected chi connectivity index (χ4v) is 2.50. The lowest BCUT2D eigenvalue weighted by Gasteiger charge is -2.23. The van der Waals surface area contributed by atoms with Gasteiger partial charge in [-0.05, 0) is 19.3 Å². The van der Waals surface area contributed by atoms with Crippen molar-refractivity contribution in [1.82, 2.24) is 9.78 Å². The predicted molar refractivity (Wildman–Crippen MR) is 68.3 cm³/mol. The topological polar surface area (TPSA) is 65.1 Å². The molecule has 1 aromatic rings. The van der Waals surface area contributed by atoms with Gasteiger partial charge in [0.05, 0.1) is 7.11 Å². The number of ether oxygens (including phenoxy) is 1. The number of nitrogens with two attached hydrogens (primary N) is 1. The number of aryl methyl sites for hydroxylation is 1. The van der Waals surface area contributed by atoms with Crippen LogP contribution in [-0.4, -0.2) is 29.0 Å². The van der Waals surface area contributed by atoms with E-state index in [1.807, 2.05) is 13.1 Å². The first kappa shape index (κ1) is 12.2. The van der Waals surface area contributed by atoms with Gasteiger partial charge in [-0.3, -0.25) is 0 Å². The van der Waals surface area contributed by atoms with Crippen molar-refractivity contribution in [2.75, 3.05) is 19.0 Å². The summed E-state index contributed by atoms with van der Waals surface area (Å²) in [6, 6.07) is 1.90. The van der Waals surface area contributed by atoms with Gasteiger partial charge in [-0.25, -0.2) is 4.68 Å². The van der Waals surface area contributed by atoms with Crippen LogP contribution in [0.3, 0.4) is 0 Å². The van der Waals surface area contributed by atoms with Crippen molar-refractivity contribution in [2.24, 2.45) is 12.8 Å². The lowest BCUT2D eigenvalue weighted by molar-refractivity contribution is 0.373. The minimum atomic E-state index is 0.0475. The first-order valence-electron chi connectivity index (χ1n) is 6.24. The van der Waals surface area contributed by atoms with Crippen LogP contribution < -0.4 is 15.8 Å². The number of nitrogens with zero attached hydrogens (tertiary/aromatic N) is 2. The molecule has 1 heterocycles. The average Bonchev–Trinajstić information content (AvgIpc) is 2.86. The van der Waals surface area contributed by atoms with Crippen molar-refractivity contribution in [2.45, 2.75) is 37.6 Å². The molecule has 0 amide bonds. The second-order valence-corrected chi connectivity index (χ2v) is 4.94. The first-order chi connectivity index (χ1) is 8.13. The number of hydrogen-bond acceptors (Lipinski definition) is 4. The predicted octanol–water partition coefficient (Wildman–Crippen LogP) is 1.50. The Morgan fingerprint density at radius 2 is 2.24 bits per heavy atom. The van der Waals surface area contributed by atoms with E-state index in [0.29, 0.717) is 0 Å². The van der Waals surface area contributed by atoms with E-state index in [4.69, 9.17) is 10.5 Å². The molecule has 1 saturated carbocycles. The van der Waals surface area contributed by atoms with Crippen molar-refractivity contribution in [1.29, 1.82) is 0 Å². The quantitative estimate of drug-likeness (QED) is 0.816. The summed E-state index contributed by atoms with van der Waals surface area (Å²) in [7, 11) is 3.51. The molecule has 1 aromatic heterocycles. The number of methoxy groups -OCH3 is 1. The maximum absolute atomic E-state index is 6.29. The van der Waals surface area contributed by atoms with Crippen LogP contribution in [0.1, 0.15) is 32.1 Å². The second-order valence-electron chi connectivity index (χ2n) is 4.94. The normalized spacial score (nSPS) is 18.3. The molecule has 0 spiro atoms. The van der Waals surface area contributed by atoms with Gasteiger partial charge in [0, 0.05) is 25.2 Å². The van der Waals surface area contributed by atoms with Gasteiger partial charge in [-0.2, -0.15) is 5.10 Å². The molecule has 5 nitrogen and oxygen atoms in total. The van der Waals surface area contributed by atoms with Gasteiger partial charge in [0.15, 0.2) is 5.82 Å². The van der Waals surface area contributed by atoms with E-state index >= 15 is 0 Å². The Bertz CT molecular complexity index is 369. The smallest absolute Gasteiger partial charge is 0.213 e. The van der Waals surface area contributed by atoms with Crippen molar-refractivity contribution < 1.29 is 4.74 Å². The summed E-state index contributed by atoms with van der Waals surface area (Å²) in [5.41, 5.74) is 6.34. The third kappa shape index (κ3) is 2.91. The number of anilines is 1. The molecule has 0 atom stereocenters. The summed E-state index contributed by atoms with van der Waals surface area (Å²) in [6.45, 7) is 0.872. The first-order valence-corrected chi connectivity index (χ1v) is 6.24. The van der Waals surface area contributed by atoms with Gasteiger partial charge in [0.1, 0.15) is 0 Å². The highest BCUT2D eigenvalue weighted by Gasteiger charge is 2.28. The van der Waals surface area contributed by atoms with Gasteiger partial charge in [-0.1, -0.05) is 12.8 Å². The molecule has 0 unspecified atom stereocenters. The summed E-state index contributed by atoms with van der Waals surface area (Å²) in [5, 5.41) is 7.61. The minimum Gasteiger partial charge on any atom is -0.481 e. The summed E-state index contributed by atoms with van der Waals surface area (Å²) >= 11 is 0. The number of nitrogens with one attached hydrogen (secondary N) is 1. The van der Waals surface area contributed by atoms with E-state index in [-0.39, 0.29) is 5.54 Å². The average molecular weight is 238 g/mol. The summed E-state index contributed by atoms with van der Waals surface area (Å²) < 4.78 is 6.88. The van der Waals surface area contributed by atoms with Crippen LogP contribution in [-0.2, 0) is 7.05 Å².